The van der Waals surface area contributed by atoms with Crippen molar-refractivity contribution in [2.75, 3.05) is 20.3 Å². The lowest BCUT2D eigenvalue weighted by molar-refractivity contribution is -0.142. The number of carbonyl (C=O) groups is 1. The van der Waals surface area contributed by atoms with Crippen molar-refractivity contribution in [1.82, 2.24) is 0 Å². The molecule has 3 aromatic carbocycles. The summed E-state index contributed by atoms with van der Waals surface area (Å²) >= 11 is 6.40. The molecule has 1 fully saturated rings. The molecule has 4 rings (SSSR count). The summed E-state index contributed by atoms with van der Waals surface area (Å²) < 4.78 is 46.2. The molecule has 9 heteroatoms. The molecule has 1 aliphatic heterocycles. The molecule has 0 bridgehead atoms. The summed E-state index contributed by atoms with van der Waals surface area (Å²) in [4.78, 5) is 11.6. The number of aliphatic hydroxyl groups is 2. The summed E-state index contributed by atoms with van der Waals surface area (Å²) in [7, 11) is 1.00. The second-order valence-corrected chi connectivity index (χ2v) is 9.22. The zero-order valence-electron chi connectivity index (χ0n) is 25.0. The van der Waals surface area contributed by atoms with Crippen LogP contribution >= 0.6 is 11.6 Å². The van der Waals surface area contributed by atoms with E-state index in [2.05, 4.69) is 0 Å². The van der Waals surface area contributed by atoms with E-state index in [1.165, 1.54) is 12.1 Å². The number of benzene rings is 3. The predicted octanol–water partition coefficient (Wildman–Crippen LogP) is 7.25. The molecule has 6 nitrogen and oxygen atoms in total. The number of ether oxygens (including phenoxy) is 3. The van der Waals surface area contributed by atoms with Gasteiger partial charge >= 0.3 is 0 Å². The third-order valence-corrected chi connectivity index (χ3v) is 6.41. The number of rotatable bonds is 9. The fraction of sp³-hybridized carbons (Fsp3) is 0.424. The van der Waals surface area contributed by atoms with Crippen molar-refractivity contribution >= 4 is 17.9 Å². The Morgan fingerprint density at radius 1 is 0.976 bits per heavy atom. The fourth-order valence-electron chi connectivity index (χ4n) is 4.25. The van der Waals surface area contributed by atoms with E-state index in [-0.39, 0.29) is 37.1 Å². The van der Waals surface area contributed by atoms with Gasteiger partial charge in [0.2, 0.25) is 5.82 Å². The highest BCUT2D eigenvalue weighted by Gasteiger charge is 2.31. The van der Waals surface area contributed by atoms with Crippen LogP contribution in [-0.4, -0.2) is 49.0 Å². The molecule has 0 amide bonds. The lowest BCUT2D eigenvalue weighted by atomic mass is 9.94. The van der Waals surface area contributed by atoms with Crippen LogP contribution < -0.4 is 4.74 Å². The minimum atomic E-state index is -1.01. The van der Waals surface area contributed by atoms with Gasteiger partial charge in [0.05, 0.1) is 25.4 Å². The topological polar surface area (TPSA) is 85.2 Å². The standard InChI is InChI=1S/C28H27ClF2O4.C2H6O.C2H6.CH4O/c1-2-33-25-11-9-20(27(30)28(25)31)13-21-12-19(8-10-24(21)29)26-15-22(14-23(16-32)35-26)34-17-18-6-4-3-5-7-18;1-2-3;2*1-2/h3-12,16,22-23,26H,2,13-15,17H2,1H3;3H,2H2,1H3;1-2H3;2H,1H3. The zero-order valence-corrected chi connectivity index (χ0v) is 25.7. The van der Waals surface area contributed by atoms with Crippen LogP contribution in [0, 0.1) is 11.6 Å². The maximum absolute atomic E-state index is 14.7. The smallest absolute Gasteiger partial charge is 0.200 e. The maximum atomic E-state index is 14.7. The molecule has 0 spiro atoms. The van der Waals surface area contributed by atoms with Crippen molar-refractivity contribution in [3.05, 3.63) is 99.6 Å². The van der Waals surface area contributed by atoms with Gasteiger partial charge in [0.1, 0.15) is 12.4 Å². The number of carbonyl (C=O) groups excluding carboxylic acids is 1. The SMILES string of the molecule is CC.CCO.CCOc1ccc(Cc2cc(C3CC(OCc4ccccc4)CC(C=O)O3)ccc2Cl)c(F)c1F.CO. The van der Waals surface area contributed by atoms with Crippen molar-refractivity contribution in [2.45, 2.75) is 71.9 Å². The Kier molecular flexibility index (Phi) is 18.5. The van der Waals surface area contributed by atoms with Crippen molar-refractivity contribution in [1.29, 1.82) is 0 Å². The van der Waals surface area contributed by atoms with Gasteiger partial charge in [-0.15, -0.1) is 0 Å². The third-order valence-electron chi connectivity index (χ3n) is 6.04. The van der Waals surface area contributed by atoms with Crippen LogP contribution in [0.5, 0.6) is 5.75 Å². The minimum absolute atomic E-state index is 0.0968. The van der Waals surface area contributed by atoms with E-state index < -0.39 is 23.8 Å². The van der Waals surface area contributed by atoms with Gasteiger partial charge in [-0.3, -0.25) is 0 Å². The van der Waals surface area contributed by atoms with E-state index in [0.29, 0.717) is 30.0 Å². The fourth-order valence-corrected chi connectivity index (χ4v) is 4.44. The van der Waals surface area contributed by atoms with E-state index in [4.69, 9.17) is 36.0 Å². The Balaban J connectivity index is 0.00000116. The summed E-state index contributed by atoms with van der Waals surface area (Å²) in [5.41, 5.74) is 2.65. The highest BCUT2D eigenvalue weighted by molar-refractivity contribution is 6.31. The van der Waals surface area contributed by atoms with Gasteiger partial charge in [-0.05, 0) is 48.2 Å². The van der Waals surface area contributed by atoms with Crippen molar-refractivity contribution in [3.8, 4) is 5.75 Å². The minimum Gasteiger partial charge on any atom is -0.491 e. The first kappa shape index (κ1) is 37.1. The molecule has 1 aliphatic rings. The Hall–Kier alpha value is -2.88. The molecule has 1 heterocycles. The summed E-state index contributed by atoms with van der Waals surface area (Å²) in [6, 6.07) is 18.1. The number of aliphatic hydroxyl groups excluding tert-OH is 2. The summed E-state index contributed by atoms with van der Waals surface area (Å²) in [5, 5.41) is 15.0. The molecular weight excluding hydrogens is 566 g/mol. The molecule has 3 aromatic rings. The lowest BCUT2D eigenvalue weighted by Gasteiger charge is -2.33. The van der Waals surface area contributed by atoms with E-state index in [9.17, 15) is 13.6 Å². The largest absolute Gasteiger partial charge is 0.491 e. The molecule has 3 unspecified atom stereocenters. The molecule has 0 radical (unpaired) electrons. The van der Waals surface area contributed by atoms with E-state index >= 15 is 0 Å². The van der Waals surface area contributed by atoms with Gasteiger partial charge in [0.15, 0.2) is 11.6 Å². The number of halogens is 3. The molecule has 232 valence electrons. The van der Waals surface area contributed by atoms with Gasteiger partial charge in [-0.1, -0.05) is 74.0 Å². The number of aldehydes is 1. The molecule has 3 atom stereocenters. The van der Waals surface area contributed by atoms with Crippen LogP contribution in [0.1, 0.15) is 68.9 Å². The Bertz CT molecular complexity index is 1180. The normalized spacial score (nSPS) is 17.3. The molecule has 2 N–H and O–H groups in total. The number of hydrogen-bond acceptors (Lipinski definition) is 6. The quantitative estimate of drug-likeness (QED) is 0.249. The lowest BCUT2D eigenvalue weighted by Crippen LogP contribution is -2.34. The highest BCUT2D eigenvalue weighted by atomic mass is 35.5. The van der Waals surface area contributed by atoms with Crippen LogP contribution in [0.15, 0.2) is 60.7 Å². The first-order valence-electron chi connectivity index (χ1n) is 14.1. The van der Waals surface area contributed by atoms with E-state index in [1.54, 1.807) is 19.9 Å². The summed E-state index contributed by atoms with van der Waals surface area (Å²) in [5.74, 6) is -2.09. The molecule has 42 heavy (non-hydrogen) atoms. The van der Waals surface area contributed by atoms with Crippen LogP contribution in [-0.2, 0) is 27.3 Å². The third kappa shape index (κ3) is 11.4. The van der Waals surface area contributed by atoms with Crippen LogP contribution in [0.3, 0.4) is 0 Å². The first-order chi connectivity index (χ1) is 20.4. The van der Waals surface area contributed by atoms with Crippen LogP contribution in [0.4, 0.5) is 8.78 Å². The van der Waals surface area contributed by atoms with Crippen LogP contribution in [0.2, 0.25) is 5.02 Å². The van der Waals surface area contributed by atoms with Gasteiger partial charge < -0.3 is 29.2 Å². The van der Waals surface area contributed by atoms with Crippen molar-refractivity contribution in [3.63, 3.8) is 0 Å². The van der Waals surface area contributed by atoms with Gasteiger partial charge in [0, 0.05) is 38.0 Å². The molecular formula is C33H43ClF2O6. The first-order valence-corrected chi connectivity index (χ1v) is 14.5. The maximum Gasteiger partial charge on any atom is 0.200 e. The van der Waals surface area contributed by atoms with Gasteiger partial charge in [0.25, 0.3) is 0 Å². The second-order valence-electron chi connectivity index (χ2n) is 8.82. The molecule has 0 saturated carbocycles. The molecule has 1 saturated heterocycles. The van der Waals surface area contributed by atoms with Crippen LogP contribution in [0.25, 0.3) is 0 Å². The Labute approximate surface area is 253 Å². The van der Waals surface area contributed by atoms with Crippen molar-refractivity contribution < 1.29 is 38.0 Å². The van der Waals surface area contributed by atoms with Gasteiger partial charge in [-0.2, -0.15) is 4.39 Å². The Morgan fingerprint density at radius 3 is 2.26 bits per heavy atom. The predicted molar refractivity (Wildman–Crippen MR) is 162 cm³/mol. The van der Waals surface area contributed by atoms with E-state index in [0.717, 1.165) is 24.5 Å². The summed E-state index contributed by atoms with van der Waals surface area (Å²) in [6.07, 6.45) is 0.776. The van der Waals surface area contributed by atoms with Crippen molar-refractivity contribution in [2.24, 2.45) is 0 Å². The Morgan fingerprint density at radius 2 is 1.64 bits per heavy atom. The zero-order chi connectivity index (χ0) is 31.5. The van der Waals surface area contributed by atoms with Gasteiger partial charge in [-0.25, -0.2) is 4.39 Å². The van der Waals surface area contributed by atoms with E-state index in [1.807, 2.05) is 56.3 Å². The average Bonchev–Trinajstić information content (AvgIpc) is 3.03. The highest BCUT2D eigenvalue weighted by Crippen LogP contribution is 2.35. The molecule has 0 aliphatic carbocycles. The average molecular weight is 609 g/mol. The number of hydrogen-bond donors (Lipinski definition) is 2. The second kappa shape index (κ2) is 20.9. The molecule has 0 aromatic heterocycles. The monoisotopic (exact) mass is 608 g/mol. The summed E-state index contributed by atoms with van der Waals surface area (Å²) in [6.45, 7) is 8.32.